The summed E-state index contributed by atoms with van der Waals surface area (Å²) in [4.78, 5) is 21.4. The van der Waals surface area contributed by atoms with Gasteiger partial charge in [0.05, 0.1) is 27.8 Å². The summed E-state index contributed by atoms with van der Waals surface area (Å²) in [5, 5.41) is 14.9. The number of nitro benzene ring substituents is 1. The van der Waals surface area contributed by atoms with Crippen molar-refractivity contribution < 1.29 is 32.4 Å². The Hall–Kier alpha value is -3.15. The van der Waals surface area contributed by atoms with E-state index in [1.165, 1.54) is 6.21 Å². The van der Waals surface area contributed by atoms with Gasteiger partial charge >= 0.3 is 12.1 Å². The van der Waals surface area contributed by atoms with E-state index in [2.05, 4.69) is 26.5 Å². The van der Waals surface area contributed by atoms with E-state index in [0.717, 1.165) is 12.1 Å². The molecule has 0 saturated heterocycles. The van der Waals surface area contributed by atoms with Crippen molar-refractivity contribution in [2.24, 2.45) is 5.10 Å². The molecule has 160 valence electrons. The fourth-order valence-corrected chi connectivity index (χ4v) is 2.69. The minimum atomic E-state index is -4.70. The van der Waals surface area contributed by atoms with Crippen LogP contribution in [0.2, 0.25) is 0 Å². The Balaban J connectivity index is 2.09. The zero-order valence-electron chi connectivity index (χ0n) is 15.4. The number of anilines is 1. The molecule has 0 bridgehead atoms. The van der Waals surface area contributed by atoms with Crippen molar-refractivity contribution in [3.8, 4) is 5.75 Å². The minimum absolute atomic E-state index is 0.197. The number of nitrogens with one attached hydrogen (secondary N) is 1. The van der Waals surface area contributed by atoms with Crippen molar-refractivity contribution in [1.29, 1.82) is 0 Å². The van der Waals surface area contributed by atoms with Gasteiger partial charge in [0.25, 0.3) is 5.69 Å². The Kier molecular flexibility index (Phi) is 7.75. The maximum atomic E-state index is 12.7. The fraction of sp³-hybridized carbons (Fsp3) is 0.222. The van der Waals surface area contributed by atoms with Gasteiger partial charge in [-0.05, 0) is 58.7 Å². The molecule has 30 heavy (non-hydrogen) atoms. The number of benzene rings is 2. The highest BCUT2D eigenvalue weighted by Crippen LogP contribution is 2.35. The van der Waals surface area contributed by atoms with E-state index < -0.39 is 28.3 Å². The maximum absolute atomic E-state index is 12.7. The van der Waals surface area contributed by atoms with Crippen LogP contribution in [-0.4, -0.2) is 30.3 Å². The number of esters is 1. The molecule has 0 heterocycles. The van der Waals surface area contributed by atoms with Crippen molar-refractivity contribution in [3.63, 3.8) is 0 Å². The van der Waals surface area contributed by atoms with Crippen LogP contribution in [0.1, 0.15) is 18.1 Å². The second-order valence-corrected chi connectivity index (χ2v) is 6.49. The van der Waals surface area contributed by atoms with Gasteiger partial charge < -0.3 is 9.47 Å². The lowest BCUT2D eigenvalue weighted by molar-refractivity contribution is -0.384. The molecule has 2 aromatic carbocycles. The third kappa shape index (κ3) is 6.44. The highest BCUT2D eigenvalue weighted by Gasteiger charge is 2.33. The number of rotatable bonds is 8. The molecule has 1 N–H and O–H groups in total. The first-order valence-electron chi connectivity index (χ1n) is 8.34. The average Bonchev–Trinajstić information content (AvgIpc) is 2.66. The molecule has 0 fully saturated rings. The molecular formula is C18H15BrF3N3O5. The van der Waals surface area contributed by atoms with Gasteiger partial charge in [-0.1, -0.05) is 0 Å². The molecule has 2 aromatic rings. The molecule has 2 rings (SSSR count). The topological polar surface area (TPSA) is 103 Å². The van der Waals surface area contributed by atoms with Crippen LogP contribution in [-0.2, 0) is 15.7 Å². The van der Waals surface area contributed by atoms with E-state index in [-0.39, 0.29) is 18.9 Å². The summed E-state index contributed by atoms with van der Waals surface area (Å²) in [6.45, 7) is 1.65. The predicted molar refractivity (Wildman–Crippen MR) is 106 cm³/mol. The number of ether oxygens (including phenoxy) is 2. The van der Waals surface area contributed by atoms with Crippen molar-refractivity contribution in [2.75, 3.05) is 18.6 Å². The smallest absolute Gasteiger partial charge is 0.416 e. The Morgan fingerprint density at radius 2 is 2.03 bits per heavy atom. The lowest BCUT2D eigenvalue weighted by Crippen LogP contribution is -2.14. The van der Waals surface area contributed by atoms with Gasteiger partial charge in [0.1, 0.15) is 11.4 Å². The summed E-state index contributed by atoms with van der Waals surface area (Å²) >= 11 is 3.28. The largest absolute Gasteiger partial charge is 0.481 e. The molecule has 0 radical (unpaired) electrons. The Bertz CT molecular complexity index is 967. The first kappa shape index (κ1) is 23.1. The van der Waals surface area contributed by atoms with E-state index in [4.69, 9.17) is 9.47 Å². The van der Waals surface area contributed by atoms with Crippen molar-refractivity contribution >= 4 is 39.5 Å². The molecule has 0 amide bonds. The van der Waals surface area contributed by atoms with Gasteiger partial charge in [0.15, 0.2) is 6.61 Å². The molecule has 0 saturated carbocycles. The van der Waals surface area contributed by atoms with E-state index >= 15 is 0 Å². The van der Waals surface area contributed by atoms with Crippen LogP contribution >= 0.6 is 15.9 Å². The van der Waals surface area contributed by atoms with Crippen molar-refractivity contribution in [3.05, 3.63) is 62.1 Å². The van der Waals surface area contributed by atoms with Gasteiger partial charge in [-0.25, -0.2) is 4.79 Å². The number of carbonyl (C=O) groups is 1. The first-order valence-corrected chi connectivity index (χ1v) is 9.13. The fourth-order valence-electron chi connectivity index (χ4n) is 2.18. The SMILES string of the molecule is CCOC(=O)COc1ccc(/C=N\Nc2ccc(C(F)(F)F)cc2[N+](=O)[O-])cc1Br. The molecule has 12 heteroatoms. The summed E-state index contributed by atoms with van der Waals surface area (Å²) in [6.07, 6.45) is -3.39. The monoisotopic (exact) mass is 489 g/mol. The summed E-state index contributed by atoms with van der Waals surface area (Å²) in [5.74, 6) is -0.135. The number of hydrogen-bond donors (Lipinski definition) is 1. The van der Waals surface area contributed by atoms with Gasteiger partial charge in [0.2, 0.25) is 0 Å². The maximum Gasteiger partial charge on any atom is 0.416 e. The molecule has 0 spiro atoms. The molecule has 0 aliphatic carbocycles. The molecule has 0 unspecified atom stereocenters. The van der Waals surface area contributed by atoms with Crippen molar-refractivity contribution in [2.45, 2.75) is 13.1 Å². The summed E-state index contributed by atoms with van der Waals surface area (Å²) in [7, 11) is 0. The summed E-state index contributed by atoms with van der Waals surface area (Å²) < 4.78 is 48.8. The third-order valence-corrected chi connectivity index (χ3v) is 4.15. The molecular weight excluding hydrogens is 475 g/mol. The third-order valence-electron chi connectivity index (χ3n) is 3.53. The molecule has 0 aliphatic heterocycles. The first-order chi connectivity index (χ1) is 14.1. The number of hydrazone groups is 1. The molecule has 8 nitrogen and oxygen atoms in total. The highest BCUT2D eigenvalue weighted by atomic mass is 79.9. The molecule has 0 atom stereocenters. The predicted octanol–water partition coefficient (Wildman–Crippen LogP) is 4.76. The van der Waals surface area contributed by atoms with Gasteiger partial charge in [-0.15, -0.1) is 0 Å². The number of halogens is 4. The number of nitro groups is 1. The second kappa shape index (κ2) is 10.1. The molecule has 0 aliphatic rings. The van der Waals surface area contributed by atoms with Crippen LogP contribution in [0.4, 0.5) is 24.5 Å². The van der Waals surface area contributed by atoms with E-state index in [1.807, 2.05) is 0 Å². The van der Waals surface area contributed by atoms with E-state index in [1.54, 1.807) is 25.1 Å². The standard InChI is InChI=1S/C18H15BrF3N3O5/c1-2-29-17(26)10-30-16-6-3-11(7-13(16)19)9-23-24-14-5-4-12(18(20,21)22)8-15(14)25(27)28/h3-9,24H,2,10H2,1H3/b23-9-. The lowest BCUT2D eigenvalue weighted by atomic mass is 10.1. The van der Waals surface area contributed by atoms with Crippen LogP contribution in [0.5, 0.6) is 5.75 Å². The van der Waals surface area contributed by atoms with Crippen LogP contribution in [0.3, 0.4) is 0 Å². The van der Waals surface area contributed by atoms with Gasteiger partial charge in [0, 0.05) is 6.07 Å². The van der Waals surface area contributed by atoms with Gasteiger partial charge in [-0.2, -0.15) is 18.3 Å². The highest BCUT2D eigenvalue weighted by molar-refractivity contribution is 9.10. The Morgan fingerprint density at radius 3 is 2.63 bits per heavy atom. The molecule has 0 aromatic heterocycles. The normalized spacial score (nSPS) is 11.4. The minimum Gasteiger partial charge on any atom is -0.481 e. The van der Waals surface area contributed by atoms with E-state index in [0.29, 0.717) is 21.9 Å². The van der Waals surface area contributed by atoms with Crippen LogP contribution in [0, 0.1) is 10.1 Å². The van der Waals surface area contributed by atoms with Crippen molar-refractivity contribution in [1.82, 2.24) is 0 Å². The van der Waals surface area contributed by atoms with Crippen LogP contribution in [0.25, 0.3) is 0 Å². The second-order valence-electron chi connectivity index (χ2n) is 5.64. The number of carbonyl (C=O) groups excluding carboxylic acids is 1. The van der Waals surface area contributed by atoms with E-state index in [9.17, 15) is 28.1 Å². The summed E-state index contributed by atoms with van der Waals surface area (Å²) in [5.41, 5.74) is 0.823. The number of alkyl halides is 3. The van der Waals surface area contributed by atoms with Crippen LogP contribution < -0.4 is 10.2 Å². The number of nitrogens with zero attached hydrogens (tertiary/aromatic N) is 2. The number of hydrogen-bond acceptors (Lipinski definition) is 7. The van der Waals surface area contributed by atoms with Gasteiger partial charge in [-0.3, -0.25) is 15.5 Å². The summed E-state index contributed by atoms with van der Waals surface area (Å²) in [6, 6.07) is 6.84. The Morgan fingerprint density at radius 1 is 1.30 bits per heavy atom. The quantitative estimate of drug-likeness (QED) is 0.248. The van der Waals surface area contributed by atoms with Crippen LogP contribution in [0.15, 0.2) is 46.0 Å². The lowest BCUT2D eigenvalue weighted by Gasteiger charge is -2.09. The zero-order chi connectivity index (χ0) is 22.3. The average molecular weight is 490 g/mol. The Labute approximate surface area is 176 Å². The zero-order valence-corrected chi connectivity index (χ0v) is 17.0.